The molecule has 0 amide bonds. The predicted molar refractivity (Wildman–Crippen MR) is 98.6 cm³/mol. The van der Waals surface area contributed by atoms with Gasteiger partial charge in [0.2, 0.25) is 0 Å². The van der Waals surface area contributed by atoms with Gasteiger partial charge in [-0.25, -0.2) is 9.97 Å². The molecular weight excluding hydrogens is 310 g/mol. The van der Waals surface area contributed by atoms with E-state index in [9.17, 15) is 0 Å². The number of hydrogen-bond donors (Lipinski definition) is 1. The molecule has 0 bridgehead atoms. The summed E-state index contributed by atoms with van der Waals surface area (Å²) in [5.74, 6) is 2.22. The Morgan fingerprint density at radius 2 is 2.08 bits per heavy atom. The first kappa shape index (κ1) is 14.9. The van der Waals surface area contributed by atoms with Crippen LogP contribution in [-0.2, 0) is 0 Å². The highest BCUT2D eigenvalue weighted by Gasteiger charge is 2.29. The fourth-order valence-corrected chi connectivity index (χ4v) is 3.90. The minimum absolute atomic E-state index is 0.264. The van der Waals surface area contributed by atoms with Crippen LogP contribution in [0.4, 0.5) is 0 Å². The summed E-state index contributed by atoms with van der Waals surface area (Å²) >= 11 is 0. The fourth-order valence-electron chi connectivity index (χ4n) is 3.90. The lowest BCUT2D eigenvalue weighted by Gasteiger charge is -2.28. The van der Waals surface area contributed by atoms with Gasteiger partial charge in [-0.3, -0.25) is 5.10 Å². The Balaban J connectivity index is 1.72. The molecule has 1 unspecified atom stereocenters. The lowest BCUT2D eigenvalue weighted by molar-refractivity contribution is 0.385. The van der Waals surface area contributed by atoms with Crippen molar-refractivity contribution in [2.75, 3.05) is 0 Å². The van der Waals surface area contributed by atoms with Crippen LogP contribution in [0.25, 0.3) is 23.3 Å². The molecule has 0 aliphatic heterocycles. The highest BCUT2D eigenvalue weighted by Crippen LogP contribution is 2.39. The van der Waals surface area contributed by atoms with Crippen LogP contribution in [0.15, 0.2) is 18.3 Å². The summed E-state index contributed by atoms with van der Waals surface area (Å²) in [5.41, 5.74) is 3.20. The summed E-state index contributed by atoms with van der Waals surface area (Å²) in [4.78, 5) is 10.00. The number of nitrogens with one attached hydrogen (secondary N) is 1. The third-order valence-electron chi connectivity index (χ3n) is 5.61. The van der Waals surface area contributed by atoms with Crippen LogP contribution in [0.3, 0.4) is 0 Å². The van der Waals surface area contributed by atoms with Gasteiger partial charge in [0.15, 0.2) is 5.65 Å². The molecule has 0 aromatic carbocycles. The largest absolute Gasteiger partial charge is 0.305 e. The molecule has 2 aliphatic carbocycles. The number of aromatic amines is 1. The molecule has 1 atom stereocenters. The third kappa shape index (κ3) is 2.33. The van der Waals surface area contributed by atoms with Crippen molar-refractivity contribution in [3.63, 3.8) is 0 Å². The molecule has 0 radical (unpaired) electrons. The van der Waals surface area contributed by atoms with Gasteiger partial charge in [0.05, 0.1) is 17.6 Å². The van der Waals surface area contributed by atoms with Crippen molar-refractivity contribution in [2.24, 2.45) is 0 Å². The number of H-pyrrole nitrogens is 1. The quantitative estimate of drug-likeness (QED) is 0.802. The van der Waals surface area contributed by atoms with Gasteiger partial charge in [-0.1, -0.05) is 32.4 Å². The molecule has 0 saturated heterocycles. The highest BCUT2D eigenvalue weighted by atomic mass is 15.2. The van der Waals surface area contributed by atoms with Gasteiger partial charge in [-0.05, 0) is 37.3 Å². The molecule has 3 heterocycles. The molecule has 2 aliphatic rings. The summed E-state index contributed by atoms with van der Waals surface area (Å²) in [7, 11) is 0. The van der Waals surface area contributed by atoms with E-state index >= 15 is 0 Å². The van der Waals surface area contributed by atoms with Crippen LogP contribution in [0.5, 0.6) is 0 Å². The summed E-state index contributed by atoms with van der Waals surface area (Å²) in [6.45, 7) is 4.39. The Morgan fingerprint density at radius 3 is 2.84 bits per heavy atom. The van der Waals surface area contributed by atoms with Crippen LogP contribution >= 0.6 is 0 Å². The van der Waals surface area contributed by atoms with Crippen molar-refractivity contribution in [3.8, 4) is 0 Å². The molecular formula is C20H23N5. The predicted octanol–water partition coefficient (Wildman–Crippen LogP) is 2.75. The summed E-state index contributed by atoms with van der Waals surface area (Å²) < 4.78 is 2.40. The Labute approximate surface area is 146 Å². The Hall–Kier alpha value is -2.43. The van der Waals surface area contributed by atoms with Crippen molar-refractivity contribution in [2.45, 2.75) is 57.4 Å². The molecule has 0 spiro atoms. The zero-order chi connectivity index (χ0) is 17.0. The van der Waals surface area contributed by atoms with Gasteiger partial charge < -0.3 is 4.57 Å². The molecule has 5 rings (SSSR count). The second kappa shape index (κ2) is 5.55. The Bertz CT molecular complexity index is 1050. The highest BCUT2D eigenvalue weighted by molar-refractivity contribution is 5.73. The van der Waals surface area contributed by atoms with E-state index in [1.54, 1.807) is 0 Å². The summed E-state index contributed by atoms with van der Waals surface area (Å²) in [6.07, 6.45) is 11.2. The van der Waals surface area contributed by atoms with E-state index in [1.165, 1.54) is 30.3 Å². The van der Waals surface area contributed by atoms with Crippen molar-refractivity contribution >= 4 is 23.3 Å². The van der Waals surface area contributed by atoms with E-state index in [4.69, 9.17) is 9.97 Å². The van der Waals surface area contributed by atoms with Crippen molar-refractivity contribution in [3.05, 3.63) is 40.4 Å². The molecule has 3 aromatic heterocycles. The summed E-state index contributed by atoms with van der Waals surface area (Å²) in [5, 5.41) is 9.55. The standard InChI is InChI=1S/C20H23N5/c1-12(2)16-8-9-18-20(22-16)25(19(23-18)13-4-3-5-13)15-6-7-17-14(10-15)11-21-24-17/h7-13,15,24H,3-6H2,1-2H3. The number of pyridine rings is 1. The summed E-state index contributed by atoms with van der Waals surface area (Å²) in [6, 6.07) is 4.53. The number of hydrogen-bond acceptors (Lipinski definition) is 3. The third-order valence-corrected chi connectivity index (χ3v) is 5.61. The first-order valence-corrected chi connectivity index (χ1v) is 9.31. The molecule has 1 fully saturated rings. The number of fused-ring (bicyclic) bond motifs is 2. The monoisotopic (exact) mass is 333 g/mol. The van der Waals surface area contributed by atoms with E-state index in [2.05, 4.69) is 52.9 Å². The average molecular weight is 333 g/mol. The van der Waals surface area contributed by atoms with Crippen molar-refractivity contribution in [1.82, 2.24) is 24.7 Å². The van der Waals surface area contributed by atoms with Crippen LogP contribution < -0.4 is 10.6 Å². The average Bonchev–Trinajstić information content (AvgIpc) is 3.15. The lowest BCUT2D eigenvalue weighted by Crippen LogP contribution is -2.29. The zero-order valence-electron chi connectivity index (χ0n) is 14.7. The van der Waals surface area contributed by atoms with Gasteiger partial charge in [0.1, 0.15) is 11.3 Å². The molecule has 3 aromatic rings. The van der Waals surface area contributed by atoms with Crippen LogP contribution in [-0.4, -0.2) is 24.7 Å². The maximum absolute atomic E-state index is 5.00. The van der Waals surface area contributed by atoms with Crippen LogP contribution in [0.1, 0.15) is 68.9 Å². The minimum Gasteiger partial charge on any atom is -0.305 e. The smallest absolute Gasteiger partial charge is 0.160 e. The topological polar surface area (TPSA) is 59.4 Å². The van der Waals surface area contributed by atoms with E-state index in [0.29, 0.717) is 11.8 Å². The van der Waals surface area contributed by atoms with Crippen molar-refractivity contribution in [1.29, 1.82) is 0 Å². The maximum Gasteiger partial charge on any atom is 0.160 e. The van der Waals surface area contributed by atoms with Gasteiger partial charge in [0.25, 0.3) is 0 Å². The molecule has 5 nitrogen and oxygen atoms in total. The minimum atomic E-state index is 0.264. The molecule has 128 valence electrons. The van der Waals surface area contributed by atoms with Crippen molar-refractivity contribution < 1.29 is 0 Å². The molecule has 1 saturated carbocycles. The first-order chi connectivity index (χ1) is 12.2. The van der Waals surface area contributed by atoms with E-state index < -0.39 is 0 Å². The molecule has 1 N–H and O–H groups in total. The van der Waals surface area contributed by atoms with Gasteiger partial charge in [-0.2, -0.15) is 5.10 Å². The van der Waals surface area contributed by atoms with Crippen LogP contribution in [0, 0.1) is 0 Å². The van der Waals surface area contributed by atoms with E-state index in [-0.39, 0.29) is 6.04 Å². The second-order valence-electron chi connectivity index (χ2n) is 7.61. The normalized spacial score (nSPS) is 20.2. The zero-order valence-corrected chi connectivity index (χ0v) is 14.7. The Morgan fingerprint density at radius 1 is 1.20 bits per heavy atom. The SMILES string of the molecule is CC(C)c1ccc2nc(C3CCC3)n(C3C=c4cn[nH]c4=CC3)c2n1. The molecule has 5 heteroatoms. The Kier molecular flexibility index (Phi) is 3.30. The maximum atomic E-state index is 5.00. The van der Waals surface area contributed by atoms with E-state index in [1.807, 2.05) is 6.20 Å². The number of imidazole rings is 1. The number of rotatable bonds is 3. The first-order valence-electron chi connectivity index (χ1n) is 9.31. The fraction of sp³-hybridized carbons (Fsp3) is 0.450. The molecule has 25 heavy (non-hydrogen) atoms. The van der Waals surface area contributed by atoms with E-state index in [0.717, 1.165) is 28.6 Å². The van der Waals surface area contributed by atoms with Gasteiger partial charge in [0, 0.05) is 16.8 Å². The number of aromatic nitrogens is 5. The van der Waals surface area contributed by atoms with Gasteiger partial charge >= 0.3 is 0 Å². The second-order valence-corrected chi connectivity index (χ2v) is 7.61. The lowest BCUT2D eigenvalue weighted by atomic mass is 9.84. The van der Waals surface area contributed by atoms with Gasteiger partial charge in [-0.15, -0.1) is 0 Å². The van der Waals surface area contributed by atoms with Crippen LogP contribution in [0.2, 0.25) is 0 Å². The number of nitrogens with zero attached hydrogens (tertiary/aromatic N) is 4.